The summed E-state index contributed by atoms with van der Waals surface area (Å²) in [5.41, 5.74) is 1.60. The Morgan fingerprint density at radius 3 is 2.67 bits per heavy atom. The van der Waals surface area contributed by atoms with Crippen molar-refractivity contribution in [3.05, 3.63) is 29.6 Å². The van der Waals surface area contributed by atoms with Crippen LogP contribution in [0.5, 0.6) is 0 Å². The zero-order valence-corrected chi connectivity index (χ0v) is 16.4. The van der Waals surface area contributed by atoms with Gasteiger partial charge in [-0.2, -0.15) is 0 Å². The first kappa shape index (κ1) is 18.7. The second kappa shape index (κ2) is 7.40. The number of piperazine rings is 1. The lowest BCUT2D eigenvalue weighted by atomic mass is 9.66. The number of likely N-dealkylation sites (N-methyl/N-ethyl adjacent to an activating group) is 1. The Labute approximate surface area is 161 Å². The summed E-state index contributed by atoms with van der Waals surface area (Å²) in [5, 5.41) is 0. The molecular weight excluding hydrogens is 345 g/mol. The lowest BCUT2D eigenvalue weighted by Crippen LogP contribution is -2.46. The van der Waals surface area contributed by atoms with Crippen LogP contribution in [0.25, 0.3) is 0 Å². The van der Waals surface area contributed by atoms with E-state index in [4.69, 9.17) is 4.74 Å². The van der Waals surface area contributed by atoms with Crippen molar-refractivity contribution in [2.24, 2.45) is 5.41 Å². The predicted molar refractivity (Wildman–Crippen MR) is 104 cm³/mol. The van der Waals surface area contributed by atoms with Crippen molar-refractivity contribution in [2.75, 3.05) is 57.8 Å². The Kier molecular flexibility index (Phi) is 5.12. The molecule has 1 aromatic rings. The van der Waals surface area contributed by atoms with Gasteiger partial charge in [-0.1, -0.05) is 0 Å². The fourth-order valence-electron chi connectivity index (χ4n) is 4.87. The first-order valence-electron chi connectivity index (χ1n) is 10.1. The summed E-state index contributed by atoms with van der Waals surface area (Å²) in [6.45, 7) is 7.95. The van der Waals surface area contributed by atoms with Gasteiger partial charge >= 0.3 is 0 Å². The summed E-state index contributed by atoms with van der Waals surface area (Å²) in [4.78, 5) is 19.7. The molecule has 4 rings (SSSR count). The van der Waals surface area contributed by atoms with Crippen LogP contribution < -0.4 is 4.90 Å². The van der Waals surface area contributed by atoms with Crippen molar-refractivity contribution >= 4 is 11.6 Å². The van der Waals surface area contributed by atoms with E-state index in [2.05, 4.69) is 16.8 Å². The van der Waals surface area contributed by atoms with Crippen molar-refractivity contribution < 1.29 is 13.9 Å². The summed E-state index contributed by atoms with van der Waals surface area (Å²) >= 11 is 0. The van der Waals surface area contributed by atoms with Gasteiger partial charge in [0.15, 0.2) is 0 Å². The minimum Gasteiger partial charge on any atom is -0.378 e. The molecule has 3 aliphatic rings. The van der Waals surface area contributed by atoms with E-state index in [-0.39, 0.29) is 17.1 Å². The molecule has 1 aromatic carbocycles. The monoisotopic (exact) mass is 375 g/mol. The zero-order chi connectivity index (χ0) is 19.0. The summed E-state index contributed by atoms with van der Waals surface area (Å²) in [5.74, 6) is -0.370. The van der Waals surface area contributed by atoms with E-state index >= 15 is 0 Å². The Morgan fingerprint density at radius 2 is 1.96 bits per heavy atom. The van der Waals surface area contributed by atoms with Crippen molar-refractivity contribution in [2.45, 2.75) is 32.3 Å². The number of carbonyl (C=O) groups excluding carboxylic acids is 1. The standard InChI is InChI=1S/C21H30FN3O2/c1-3-27-17-13-21(14-17)6-7-25(15-21)20(26)18-12-16(22)4-5-19(18)24-10-8-23(2)9-11-24/h4-5,12,17H,3,6-11,13-15H2,1-2H3. The molecule has 1 aliphatic carbocycles. The topological polar surface area (TPSA) is 36.0 Å². The Morgan fingerprint density at radius 1 is 1.22 bits per heavy atom. The first-order valence-corrected chi connectivity index (χ1v) is 10.1. The smallest absolute Gasteiger partial charge is 0.256 e. The highest BCUT2D eigenvalue weighted by molar-refractivity contribution is 6.00. The van der Waals surface area contributed by atoms with E-state index < -0.39 is 0 Å². The maximum Gasteiger partial charge on any atom is 0.256 e. The van der Waals surface area contributed by atoms with Gasteiger partial charge in [-0.05, 0) is 56.8 Å². The highest BCUT2D eigenvalue weighted by Gasteiger charge is 2.50. The SMILES string of the molecule is CCOC1CC2(CCN(C(=O)c3cc(F)ccc3N3CCN(C)CC3)C2)C1. The molecule has 0 atom stereocenters. The summed E-state index contributed by atoms with van der Waals surface area (Å²) < 4.78 is 19.7. The van der Waals surface area contributed by atoms with Crippen LogP contribution >= 0.6 is 0 Å². The van der Waals surface area contributed by atoms with Gasteiger partial charge in [-0.15, -0.1) is 0 Å². The number of nitrogens with zero attached hydrogens (tertiary/aromatic N) is 3. The third kappa shape index (κ3) is 3.69. The maximum absolute atomic E-state index is 14.0. The number of halogens is 1. The third-order valence-corrected chi connectivity index (χ3v) is 6.48. The lowest BCUT2D eigenvalue weighted by molar-refractivity contribution is -0.0707. The largest absolute Gasteiger partial charge is 0.378 e. The molecule has 0 aromatic heterocycles. The van der Waals surface area contributed by atoms with Crippen LogP contribution in [0.2, 0.25) is 0 Å². The highest BCUT2D eigenvalue weighted by Crippen LogP contribution is 2.49. The van der Waals surface area contributed by atoms with Gasteiger partial charge in [-0.3, -0.25) is 4.79 Å². The molecule has 2 saturated heterocycles. The number of ether oxygens (including phenoxy) is 1. The van der Waals surface area contributed by atoms with Crippen LogP contribution in [0, 0.1) is 11.2 Å². The number of amides is 1. The van der Waals surface area contributed by atoms with Crippen LogP contribution in [0.1, 0.15) is 36.5 Å². The van der Waals surface area contributed by atoms with Gasteiger partial charge in [-0.25, -0.2) is 4.39 Å². The molecule has 1 spiro atoms. The Hall–Kier alpha value is -1.66. The van der Waals surface area contributed by atoms with Crippen LogP contribution in [0.15, 0.2) is 18.2 Å². The molecule has 5 nitrogen and oxygen atoms in total. The average Bonchev–Trinajstić information content (AvgIpc) is 3.07. The maximum atomic E-state index is 14.0. The molecule has 0 bridgehead atoms. The molecule has 0 N–H and O–H groups in total. The number of likely N-dealkylation sites (tertiary alicyclic amines) is 1. The summed E-state index contributed by atoms with van der Waals surface area (Å²) in [6, 6.07) is 4.66. The fourth-order valence-corrected chi connectivity index (χ4v) is 4.87. The van der Waals surface area contributed by atoms with E-state index in [1.807, 2.05) is 11.8 Å². The molecule has 1 amide bonds. The summed E-state index contributed by atoms with van der Waals surface area (Å²) in [7, 11) is 2.10. The minimum absolute atomic E-state index is 0.0276. The number of hydrogen-bond donors (Lipinski definition) is 0. The Balaban J connectivity index is 1.48. The highest BCUT2D eigenvalue weighted by atomic mass is 19.1. The van der Waals surface area contributed by atoms with Crippen molar-refractivity contribution in [3.8, 4) is 0 Å². The van der Waals surface area contributed by atoms with Crippen molar-refractivity contribution in [1.82, 2.24) is 9.80 Å². The van der Waals surface area contributed by atoms with Crippen LogP contribution in [0.3, 0.4) is 0 Å². The first-order chi connectivity index (χ1) is 13.0. The molecule has 0 radical (unpaired) electrons. The second-order valence-electron chi connectivity index (χ2n) is 8.41. The molecule has 2 aliphatic heterocycles. The van der Waals surface area contributed by atoms with Crippen molar-refractivity contribution in [1.29, 1.82) is 0 Å². The van der Waals surface area contributed by atoms with E-state index in [1.54, 1.807) is 6.07 Å². The number of hydrogen-bond acceptors (Lipinski definition) is 4. The number of carbonyl (C=O) groups is 1. The molecular formula is C21H30FN3O2. The van der Waals surface area contributed by atoms with Gasteiger partial charge in [0.2, 0.25) is 0 Å². The fraction of sp³-hybridized carbons (Fsp3) is 0.667. The lowest BCUT2D eigenvalue weighted by Gasteiger charge is -2.44. The van der Waals surface area contributed by atoms with Crippen molar-refractivity contribution in [3.63, 3.8) is 0 Å². The molecule has 148 valence electrons. The number of benzene rings is 1. The number of anilines is 1. The molecule has 27 heavy (non-hydrogen) atoms. The van der Waals surface area contributed by atoms with Gasteiger partial charge in [0, 0.05) is 51.6 Å². The molecule has 3 fully saturated rings. The van der Waals surface area contributed by atoms with Gasteiger partial charge in [0.05, 0.1) is 11.7 Å². The summed E-state index contributed by atoms with van der Waals surface area (Å²) in [6.07, 6.45) is 3.46. The van der Waals surface area contributed by atoms with E-state index in [1.165, 1.54) is 12.1 Å². The van der Waals surface area contributed by atoms with Crippen LogP contribution in [-0.2, 0) is 4.74 Å². The molecule has 6 heteroatoms. The molecule has 2 heterocycles. The third-order valence-electron chi connectivity index (χ3n) is 6.48. The number of rotatable bonds is 4. The van der Waals surface area contributed by atoms with E-state index in [0.29, 0.717) is 11.7 Å². The Bertz CT molecular complexity index is 697. The van der Waals surface area contributed by atoms with Crippen LogP contribution in [0.4, 0.5) is 10.1 Å². The van der Waals surface area contributed by atoms with Gasteiger partial charge in [0.25, 0.3) is 5.91 Å². The zero-order valence-electron chi connectivity index (χ0n) is 16.4. The minimum atomic E-state index is -0.342. The second-order valence-corrected chi connectivity index (χ2v) is 8.41. The van der Waals surface area contributed by atoms with Crippen LogP contribution in [-0.4, -0.2) is 74.7 Å². The molecule has 0 unspecified atom stereocenters. The van der Waals surface area contributed by atoms with Gasteiger partial charge in [0.1, 0.15) is 5.82 Å². The predicted octanol–water partition coefficient (Wildman–Crippen LogP) is 2.61. The quantitative estimate of drug-likeness (QED) is 0.811. The molecule has 1 saturated carbocycles. The average molecular weight is 375 g/mol. The van der Waals surface area contributed by atoms with E-state index in [9.17, 15) is 9.18 Å². The van der Waals surface area contributed by atoms with Gasteiger partial charge < -0.3 is 19.4 Å². The normalized spacial score (nSPS) is 28.6. The van der Waals surface area contributed by atoms with E-state index in [0.717, 1.165) is 70.8 Å².